The van der Waals surface area contributed by atoms with Crippen molar-refractivity contribution in [2.75, 3.05) is 0 Å². The summed E-state index contributed by atoms with van der Waals surface area (Å²) >= 11 is 0. The van der Waals surface area contributed by atoms with Crippen LogP contribution in [0.3, 0.4) is 0 Å². The molecule has 0 radical (unpaired) electrons. The van der Waals surface area contributed by atoms with Crippen molar-refractivity contribution in [2.24, 2.45) is 5.92 Å². The Balaban J connectivity index is 1.89. The minimum absolute atomic E-state index is 0.0583. The predicted octanol–water partition coefficient (Wildman–Crippen LogP) is 1.51. The molecule has 2 aromatic rings. The van der Waals surface area contributed by atoms with Crippen LogP contribution in [0.2, 0.25) is 0 Å². The van der Waals surface area contributed by atoms with E-state index >= 15 is 0 Å². The van der Waals surface area contributed by atoms with Gasteiger partial charge in [-0.15, -0.1) is 10.2 Å². The van der Waals surface area contributed by atoms with Crippen LogP contribution in [-0.2, 0) is 6.42 Å². The van der Waals surface area contributed by atoms with E-state index in [1.165, 1.54) is 0 Å². The Morgan fingerprint density at radius 1 is 1.27 bits per heavy atom. The second-order valence-corrected chi connectivity index (χ2v) is 5.96. The van der Waals surface area contributed by atoms with E-state index < -0.39 is 0 Å². The number of hydrazine groups is 1. The minimum Gasteiger partial charge on any atom is -0.295 e. The molecule has 0 amide bonds. The van der Waals surface area contributed by atoms with Crippen molar-refractivity contribution in [3.8, 4) is 5.69 Å². The number of rotatable bonds is 4. The molecule has 6 nitrogen and oxygen atoms in total. The quantitative estimate of drug-likeness (QED) is 0.837. The zero-order valence-corrected chi connectivity index (χ0v) is 13.1. The van der Waals surface area contributed by atoms with Crippen molar-refractivity contribution in [3.63, 3.8) is 0 Å². The topological polar surface area (TPSA) is 71.8 Å². The number of hydrogen-bond acceptors (Lipinski definition) is 5. The summed E-state index contributed by atoms with van der Waals surface area (Å²) < 4.78 is 1.96. The maximum atomic E-state index is 11.6. The maximum absolute atomic E-state index is 11.6. The second-order valence-electron chi connectivity index (χ2n) is 5.96. The molecular formula is C16H21N5O. The van der Waals surface area contributed by atoms with Crippen LogP contribution in [0.25, 0.3) is 5.69 Å². The summed E-state index contributed by atoms with van der Waals surface area (Å²) in [6.45, 7) is 5.90. The predicted molar refractivity (Wildman–Crippen MR) is 83.8 cm³/mol. The van der Waals surface area contributed by atoms with Crippen LogP contribution in [0.5, 0.6) is 0 Å². The zero-order chi connectivity index (χ0) is 15.7. The molecule has 2 unspecified atom stereocenters. The number of aromatic nitrogens is 3. The van der Waals surface area contributed by atoms with Gasteiger partial charge in [0, 0.05) is 29.8 Å². The molecule has 0 aliphatic carbocycles. The molecule has 1 saturated heterocycles. The molecule has 2 heterocycles. The van der Waals surface area contributed by atoms with E-state index in [1.807, 2.05) is 28.8 Å². The van der Waals surface area contributed by atoms with Crippen LogP contribution in [0.15, 0.2) is 30.6 Å². The molecule has 0 saturated carbocycles. The SMILES string of the molecule is CC(=O)c1cccc(-n2cnnc2CC2C(C)NNC2C)c1. The fraction of sp³-hybridized carbons (Fsp3) is 0.438. The van der Waals surface area contributed by atoms with Crippen LogP contribution in [0.1, 0.15) is 37.0 Å². The Bertz CT molecular complexity index is 671. The molecular weight excluding hydrogens is 278 g/mol. The second kappa shape index (κ2) is 5.98. The van der Waals surface area contributed by atoms with Gasteiger partial charge in [-0.3, -0.25) is 20.2 Å². The normalized spacial score (nSPS) is 24.6. The molecule has 0 bridgehead atoms. The Morgan fingerprint density at radius 3 is 2.68 bits per heavy atom. The van der Waals surface area contributed by atoms with Crippen LogP contribution in [0.4, 0.5) is 0 Å². The van der Waals surface area contributed by atoms with Gasteiger partial charge in [0.25, 0.3) is 0 Å². The minimum atomic E-state index is 0.0583. The Kier molecular flexibility index (Phi) is 4.04. The molecule has 3 rings (SSSR count). The largest absolute Gasteiger partial charge is 0.295 e. The molecule has 1 aliphatic rings. The number of nitrogens with one attached hydrogen (secondary N) is 2. The van der Waals surface area contributed by atoms with Crippen molar-refractivity contribution in [2.45, 2.75) is 39.3 Å². The fourth-order valence-electron chi connectivity index (χ4n) is 2.96. The molecule has 6 heteroatoms. The first-order valence-electron chi connectivity index (χ1n) is 7.57. The van der Waals surface area contributed by atoms with E-state index in [-0.39, 0.29) is 5.78 Å². The van der Waals surface area contributed by atoms with Gasteiger partial charge in [-0.25, -0.2) is 0 Å². The summed E-state index contributed by atoms with van der Waals surface area (Å²) in [5.74, 6) is 1.41. The van der Waals surface area contributed by atoms with Crippen molar-refractivity contribution in [1.82, 2.24) is 25.6 Å². The Labute approximate surface area is 129 Å². The molecule has 1 aliphatic heterocycles. The summed E-state index contributed by atoms with van der Waals surface area (Å²) in [6, 6.07) is 8.32. The highest BCUT2D eigenvalue weighted by Crippen LogP contribution is 2.21. The third kappa shape index (κ3) is 2.80. The third-order valence-electron chi connectivity index (χ3n) is 4.39. The molecule has 0 spiro atoms. The summed E-state index contributed by atoms with van der Waals surface area (Å²) in [7, 11) is 0. The number of ketones is 1. The lowest BCUT2D eigenvalue weighted by Gasteiger charge is -2.17. The Morgan fingerprint density at radius 2 is 2.00 bits per heavy atom. The number of carbonyl (C=O) groups excluding carboxylic acids is 1. The molecule has 2 atom stereocenters. The smallest absolute Gasteiger partial charge is 0.159 e. The number of Topliss-reactive ketones (excluding diaryl/α,β-unsaturated/α-hetero) is 1. The standard InChI is InChI=1S/C16H21N5O/c1-10-15(11(2)19-18-10)8-16-20-17-9-21(16)14-6-4-5-13(7-14)12(3)22/h4-7,9-11,15,18-19H,8H2,1-3H3. The molecule has 22 heavy (non-hydrogen) atoms. The van der Waals surface area contributed by atoms with Gasteiger partial charge in [-0.2, -0.15) is 0 Å². The molecule has 116 valence electrons. The summed E-state index contributed by atoms with van der Waals surface area (Å²) in [5, 5.41) is 8.32. The van der Waals surface area contributed by atoms with Crippen LogP contribution in [0, 0.1) is 5.92 Å². The average Bonchev–Trinajstić information content (AvgIpc) is 3.09. The first kappa shape index (κ1) is 14.9. The highest BCUT2D eigenvalue weighted by molar-refractivity contribution is 5.94. The summed E-state index contributed by atoms with van der Waals surface area (Å²) in [5.41, 5.74) is 8.15. The van der Waals surface area contributed by atoms with Crippen molar-refractivity contribution in [3.05, 3.63) is 42.0 Å². The van der Waals surface area contributed by atoms with E-state index in [4.69, 9.17) is 0 Å². The van der Waals surface area contributed by atoms with Crippen LogP contribution < -0.4 is 10.9 Å². The van der Waals surface area contributed by atoms with E-state index in [9.17, 15) is 4.79 Å². The van der Waals surface area contributed by atoms with Crippen molar-refractivity contribution >= 4 is 5.78 Å². The van der Waals surface area contributed by atoms with E-state index in [0.29, 0.717) is 23.6 Å². The molecule has 2 N–H and O–H groups in total. The first-order valence-corrected chi connectivity index (χ1v) is 7.57. The van der Waals surface area contributed by atoms with Gasteiger partial charge >= 0.3 is 0 Å². The highest BCUT2D eigenvalue weighted by atomic mass is 16.1. The van der Waals surface area contributed by atoms with Gasteiger partial charge in [-0.05, 0) is 38.8 Å². The van der Waals surface area contributed by atoms with Gasteiger partial charge in [0.05, 0.1) is 0 Å². The van der Waals surface area contributed by atoms with E-state index in [1.54, 1.807) is 13.3 Å². The average molecular weight is 299 g/mol. The van der Waals surface area contributed by atoms with E-state index in [0.717, 1.165) is 17.9 Å². The lowest BCUT2D eigenvalue weighted by Crippen LogP contribution is -2.30. The lowest BCUT2D eigenvalue weighted by molar-refractivity contribution is 0.101. The third-order valence-corrected chi connectivity index (χ3v) is 4.39. The number of carbonyl (C=O) groups is 1. The van der Waals surface area contributed by atoms with Crippen molar-refractivity contribution in [1.29, 1.82) is 0 Å². The van der Waals surface area contributed by atoms with Gasteiger partial charge in [0.1, 0.15) is 12.2 Å². The van der Waals surface area contributed by atoms with Gasteiger partial charge in [0.15, 0.2) is 5.78 Å². The molecule has 1 aromatic carbocycles. The summed E-state index contributed by atoms with van der Waals surface area (Å²) in [6.07, 6.45) is 2.53. The fourth-order valence-corrected chi connectivity index (χ4v) is 2.96. The number of nitrogens with zero attached hydrogens (tertiary/aromatic N) is 3. The van der Waals surface area contributed by atoms with Gasteiger partial charge < -0.3 is 0 Å². The van der Waals surface area contributed by atoms with Gasteiger partial charge in [0.2, 0.25) is 0 Å². The molecule has 1 fully saturated rings. The Hall–Kier alpha value is -2.05. The maximum Gasteiger partial charge on any atom is 0.159 e. The zero-order valence-electron chi connectivity index (χ0n) is 13.1. The van der Waals surface area contributed by atoms with Crippen molar-refractivity contribution < 1.29 is 4.79 Å². The van der Waals surface area contributed by atoms with Gasteiger partial charge in [-0.1, -0.05) is 12.1 Å². The highest BCUT2D eigenvalue weighted by Gasteiger charge is 2.31. The van der Waals surface area contributed by atoms with Crippen LogP contribution in [-0.4, -0.2) is 32.6 Å². The monoisotopic (exact) mass is 299 g/mol. The first-order chi connectivity index (χ1) is 10.6. The number of benzene rings is 1. The molecule has 1 aromatic heterocycles. The lowest BCUT2D eigenvalue weighted by atomic mass is 9.93. The van der Waals surface area contributed by atoms with E-state index in [2.05, 4.69) is 34.9 Å². The summed E-state index contributed by atoms with van der Waals surface area (Å²) in [4.78, 5) is 11.6. The number of hydrogen-bond donors (Lipinski definition) is 2. The van der Waals surface area contributed by atoms with Crippen LogP contribution >= 0.6 is 0 Å².